The summed E-state index contributed by atoms with van der Waals surface area (Å²) in [5.41, 5.74) is 2.55. The first-order valence-electron chi connectivity index (χ1n) is 3.17. The molecule has 1 aliphatic heterocycles. The number of nitrogens with one attached hydrogen (secondary N) is 1. The molecule has 0 spiro atoms. The fourth-order valence-corrected chi connectivity index (χ4v) is 3.00. The normalized spacial score (nSPS) is 15.4. The maximum atomic E-state index is 7.56. The molecule has 0 unspecified atom stereocenters. The number of hydrogen-bond donors (Lipinski definition) is 1. The molecule has 0 fully saturated rings. The van der Waals surface area contributed by atoms with Crippen molar-refractivity contribution in [3.05, 3.63) is 35.4 Å². The Labute approximate surface area is 66.1 Å². The molecule has 1 N–H and O–H groups in total. The number of hydrogen-bond acceptors (Lipinski definition) is 1. The van der Waals surface area contributed by atoms with Crippen molar-refractivity contribution in [1.82, 2.24) is 0 Å². The minimum atomic E-state index is 0.420. The fraction of sp³-hybridized carbons (Fsp3) is 0.125. The zero-order valence-electron chi connectivity index (χ0n) is 5.42. The van der Waals surface area contributed by atoms with Crippen LogP contribution in [0.4, 0.5) is 0 Å². The summed E-state index contributed by atoms with van der Waals surface area (Å²) in [6.07, 6.45) is 0. The Bertz CT molecular complexity index is 280. The molecule has 10 heavy (non-hydrogen) atoms. The van der Waals surface area contributed by atoms with E-state index in [0.29, 0.717) is 15.0 Å². The summed E-state index contributed by atoms with van der Waals surface area (Å²) in [4.78, 5) is 0. The molecule has 1 aliphatic rings. The molecular weight excluding hydrogens is 189 g/mol. The standard InChI is InChI=1S/C8H7NSe/c9-8-7-4-2-1-3-6(7)5-10-8/h1-4,9H,5H2. The van der Waals surface area contributed by atoms with Crippen LogP contribution in [0.25, 0.3) is 0 Å². The second-order valence-corrected chi connectivity index (χ2v) is 4.34. The summed E-state index contributed by atoms with van der Waals surface area (Å²) in [6, 6.07) is 8.23. The molecule has 0 atom stereocenters. The van der Waals surface area contributed by atoms with Gasteiger partial charge in [0.25, 0.3) is 0 Å². The molecule has 0 saturated heterocycles. The van der Waals surface area contributed by atoms with Crippen molar-refractivity contribution in [2.24, 2.45) is 0 Å². The maximum absolute atomic E-state index is 7.56. The van der Waals surface area contributed by atoms with Crippen LogP contribution in [0.1, 0.15) is 11.1 Å². The van der Waals surface area contributed by atoms with E-state index in [1.807, 2.05) is 18.2 Å². The van der Waals surface area contributed by atoms with E-state index in [1.54, 1.807) is 0 Å². The van der Waals surface area contributed by atoms with Crippen LogP contribution in [0.3, 0.4) is 0 Å². The van der Waals surface area contributed by atoms with Crippen LogP contribution in [0.2, 0.25) is 0 Å². The zero-order chi connectivity index (χ0) is 6.97. The Morgan fingerprint density at radius 2 is 2.10 bits per heavy atom. The third-order valence-corrected chi connectivity index (χ3v) is 3.66. The van der Waals surface area contributed by atoms with Gasteiger partial charge in [0.15, 0.2) is 0 Å². The first-order chi connectivity index (χ1) is 4.88. The van der Waals surface area contributed by atoms with Gasteiger partial charge >= 0.3 is 65.7 Å². The van der Waals surface area contributed by atoms with Crippen molar-refractivity contribution >= 4 is 19.6 Å². The second-order valence-electron chi connectivity index (χ2n) is 2.27. The van der Waals surface area contributed by atoms with Crippen LogP contribution >= 0.6 is 0 Å². The number of rotatable bonds is 0. The van der Waals surface area contributed by atoms with E-state index in [-0.39, 0.29) is 0 Å². The van der Waals surface area contributed by atoms with Gasteiger partial charge in [-0.15, -0.1) is 0 Å². The molecule has 1 nitrogen and oxygen atoms in total. The van der Waals surface area contributed by atoms with Crippen LogP contribution in [0.5, 0.6) is 0 Å². The zero-order valence-corrected chi connectivity index (χ0v) is 7.14. The van der Waals surface area contributed by atoms with E-state index in [2.05, 4.69) is 6.07 Å². The Morgan fingerprint density at radius 1 is 1.30 bits per heavy atom. The summed E-state index contributed by atoms with van der Waals surface area (Å²) in [5, 5.41) is 8.69. The molecule has 2 heteroatoms. The van der Waals surface area contributed by atoms with Crippen molar-refractivity contribution < 1.29 is 0 Å². The third-order valence-electron chi connectivity index (χ3n) is 1.63. The Morgan fingerprint density at radius 3 is 2.90 bits per heavy atom. The van der Waals surface area contributed by atoms with Gasteiger partial charge in [-0.1, -0.05) is 0 Å². The van der Waals surface area contributed by atoms with Gasteiger partial charge in [-0.3, -0.25) is 0 Å². The van der Waals surface area contributed by atoms with Crippen molar-refractivity contribution in [1.29, 1.82) is 5.41 Å². The molecule has 0 aromatic heterocycles. The predicted octanol–water partition coefficient (Wildman–Crippen LogP) is 1.23. The molecule has 1 aromatic rings. The fourth-order valence-electron chi connectivity index (χ4n) is 1.10. The quantitative estimate of drug-likeness (QED) is 0.603. The molecule has 0 amide bonds. The third kappa shape index (κ3) is 0.808. The summed E-state index contributed by atoms with van der Waals surface area (Å²) >= 11 is 0.420. The molecule has 1 heterocycles. The second kappa shape index (κ2) is 2.22. The molecular formula is C8H7NSe. The monoisotopic (exact) mass is 197 g/mol. The van der Waals surface area contributed by atoms with Gasteiger partial charge in [0.05, 0.1) is 0 Å². The van der Waals surface area contributed by atoms with E-state index in [4.69, 9.17) is 5.41 Å². The predicted molar refractivity (Wildman–Crippen MR) is 42.7 cm³/mol. The van der Waals surface area contributed by atoms with Gasteiger partial charge in [-0.2, -0.15) is 0 Å². The van der Waals surface area contributed by atoms with Gasteiger partial charge in [0.2, 0.25) is 0 Å². The Hall–Kier alpha value is -0.591. The van der Waals surface area contributed by atoms with Gasteiger partial charge in [-0.05, 0) is 0 Å². The van der Waals surface area contributed by atoms with E-state index in [1.165, 1.54) is 11.1 Å². The van der Waals surface area contributed by atoms with Crippen molar-refractivity contribution in [3.63, 3.8) is 0 Å². The van der Waals surface area contributed by atoms with Crippen molar-refractivity contribution in [2.75, 3.05) is 0 Å². The SMILES string of the molecule is N=C1[Se]Cc2ccccc21. The van der Waals surface area contributed by atoms with Crippen LogP contribution in [0, 0.1) is 5.41 Å². The summed E-state index contributed by atoms with van der Waals surface area (Å²) in [7, 11) is 0. The number of benzene rings is 1. The topological polar surface area (TPSA) is 23.9 Å². The summed E-state index contributed by atoms with van der Waals surface area (Å²) in [6.45, 7) is 0. The molecule has 0 aliphatic carbocycles. The van der Waals surface area contributed by atoms with Crippen LogP contribution in [-0.2, 0) is 5.32 Å². The van der Waals surface area contributed by atoms with Gasteiger partial charge in [0.1, 0.15) is 0 Å². The first-order valence-corrected chi connectivity index (χ1v) is 5.24. The van der Waals surface area contributed by atoms with Crippen molar-refractivity contribution in [2.45, 2.75) is 5.32 Å². The van der Waals surface area contributed by atoms with E-state index >= 15 is 0 Å². The van der Waals surface area contributed by atoms with Gasteiger partial charge < -0.3 is 0 Å². The van der Waals surface area contributed by atoms with Crippen molar-refractivity contribution in [3.8, 4) is 0 Å². The van der Waals surface area contributed by atoms with Gasteiger partial charge in [0, 0.05) is 0 Å². The molecule has 1 aromatic carbocycles. The molecule has 0 radical (unpaired) electrons. The molecule has 50 valence electrons. The average molecular weight is 196 g/mol. The summed E-state index contributed by atoms with van der Waals surface area (Å²) in [5.74, 6) is 0. The van der Waals surface area contributed by atoms with Crippen LogP contribution in [0.15, 0.2) is 24.3 Å². The van der Waals surface area contributed by atoms with E-state index in [0.717, 1.165) is 9.93 Å². The summed E-state index contributed by atoms with van der Waals surface area (Å²) < 4.78 is 0.864. The first kappa shape index (κ1) is 6.14. The molecule has 2 rings (SSSR count). The van der Waals surface area contributed by atoms with E-state index < -0.39 is 0 Å². The Kier molecular flexibility index (Phi) is 1.37. The van der Waals surface area contributed by atoms with Gasteiger partial charge in [-0.25, -0.2) is 0 Å². The van der Waals surface area contributed by atoms with Crippen LogP contribution < -0.4 is 0 Å². The molecule has 0 saturated carbocycles. The average Bonchev–Trinajstić information content (AvgIpc) is 2.34. The minimum absolute atomic E-state index is 0.420. The molecule has 0 bridgehead atoms. The van der Waals surface area contributed by atoms with Crippen LogP contribution in [-0.4, -0.2) is 19.6 Å². The number of fused-ring (bicyclic) bond motifs is 1. The van der Waals surface area contributed by atoms with E-state index in [9.17, 15) is 0 Å². The Balaban J connectivity index is 2.61.